The van der Waals surface area contributed by atoms with Crippen molar-refractivity contribution < 1.29 is 19.1 Å². The molecule has 2 aliphatic rings. The van der Waals surface area contributed by atoms with Gasteiger partial charge in [0.15, 0.2) is 0 Å². The molecule has 0 aliphatic carbocycles. The van der Waals surface area contributed by atoms with E-state index in [4.69, 9.17) is 20.9 Å². The first-order valence-corrected chi connectivity index (χ1v) is 11.1. The summed E-state index contributed by atoms with van der Waals surface area (Å²) < 4.78 is 10.6. The molecule has 0 aromatic heterocycles. The summed E-state index contributed by atoms with van der Waals surface area (Å²) in [6, 6.07) is 0.423. The number of carbonyl (C=O) groups is 2. The number of amides is 2. The smallest absolute Gasteiger partial charge is 0.410 e. The van der Waals surface area contributed by atoms with Crippen LogP contribution in [0.5, 0.6) is 0 Å². The van der Waals surface area contributed by atoms with Crippen LogP contribution in [0.1, 0.15) is 68.2 Å². The van der Waals surface area contributed by atoms with E-state index >= 15 is 0 Å². The van der Waals surface area contributed by atoms with Crippen LogP contribution in [0.25, 0.3) is 0 Å². The quantitative estimate of drug-likeness (QED) is 0.613. The Balaban J connectivity index is 0.000000300. The van der Waals surface area contributed by atoms with Gasteiger partial charge in [0.05, 0.1) is 0 Å². The molecule has 2 fully saturated rings. The number of hydrogen-bond acceptors (Lipinski definition) is 6. The average Bonchev–Trinajstić information content (AvgIpc) is 2.57. The normalized spacial score (nSPS) is 27.7. The van der Waals surface area contributed by atoms with Crippen LogP contribution in [0.4, 0.5) is 9.59 Å². The standard InChI is InChI=1S/2C11H22N2O2/c2*1-8-7-13(6-5-9(8)12)10(14)15-11(2,3)4/h2*8-9H,5-7,12H2,1-4H3/t2*8-,9-/m10/s1. The Kier molecular flexibility index (Phi) is 9.42. The average molecular weight is 429 g/mol. The predicted octanol–water partition coefficient (Wildman–Crippen LogP) is 3.18. The molecule has 2 heterocycles. The van der Waals surface area contributed by atoms with E-state index < -0.39 is 11.2 Å². The summed E-state index contributed by atoms with van der Waals surface area (Å²) in [6.07, 6.45) is 1.28. The highest BCUT2D eigenvalue weighted by Gasteiger charge is 2.30. The predicted molar refractivity (Wildman–Crippen MR) is 119 cm³/mol. The third-order valence-electron chi connectivity index (χ3n) is 5.25. The van der Waals surface area contributed by atoms with Crippen molar-refractivity contribution in [1.82, 2.24) is 9.80 Å². The molecule has 0 aromatic carbocycles. The molecule has 2 amide bonds. The lowest BCUT2D eigenvalue weighted by molar-refractivity contribution is 0.0148. The van der Waals surface area contributed by atoms with Crippen LogP contribution in [0.3, 0.4) is 0 Å². The van der Waals surface area contributed by atoms with E-state index in [1.165, 1.54) is 0 Å². The summed E-state index contributed by atoms with van der Waals surface area (Å²) in [7, 11) is 0. The lowest BCUT2D eigenvalue weighted by Gasteiger charge is -2.35. The van der Waals surface area contributed by atoms with Crippen LogP contribution in [0.15, 0.2) is 0 Å². The van der Waals surface area contributed by atoms with E-state index in [9.17, 15) is 9.59 Å². The Bertz CT molecular complexity index is 520. The molecule has 8 heteroatoms. The molecular formula is C22H44N4O4. The zero-order chi connectivity index (χ0) is 23.3. The number of ether oxygens (including phenoxy) is 2. The van der Waals surface area contributed by atoms with Crippen molar-refractivity contribution in [3.63, 3.8) is 0 Å². The van der Waals surface area contributed by atoms with Crippen molar-refractivity contribution in [2.45, 2.75) is 91.5 Å². The molecule has 0 aromatic rings. The largest absolute Gasteiger partial charge is 0.444 e. The Hall–Kier alpha value is -1.54. The molecule has 4 N–H and O–H groups in total. The first-order valence-electron chi connectivity index (χ1n) is 11.1. The summed E-state index contributed by atoms with van der Waals surface area (Å²) in [5.74, 6) is 0.706. The summed E-state index contributed by atoms with van der Waals surface area (Å²) in [6.45, 7) is 18.2. The van der Waals surface area contributed by atoms with E-state index in [1.54, 1.807) is 9.80 Å². The fourth-order valence-corrected chi connectivity index (χ4v) is 3.31. The Morgan fingerprint density at radius 3 is 1.27 bits per heavy atom. The molecule has 0 saturated carbocycles. The van der Waals surface area contributed by atoms with Crippen LogP contribution < -0.4 is 11.5 Å². The fourth-order valence-electron chi connectivity index (χ4n) is 3.31. The van der Waals surface area contributed by atoms with Gasteiger partial charge >= 0.3 is 12.2 Å². The monoisotopic (exact) mass is 428 g/mol. The minimum atomic E-state index is -0.417. The molecule has 4 atom stereocenters. The summed E-state index contributed by atoms with van der Waals surface area (Å²) in [4.78, 5) is 27.0. The van der Waals surface area contributed by atoms with Crippen molar-refractivity contribution >= 4 is 12.2 Å². The minimum Gasteiger partial charge on any atom is -0.444 e. The summed E-state index contributed by atoms with van der Waals surface area (Å²) >= 11 is 0. The van der Waals surface area contributed by atoms with Crippen LogP contribution >= 0.6 is 0 Å². The van der Waals surface area contributed by atoms with Gasteiger partial charge in [-0.05, 0) is 66.2 Å². The van der Waals surface area contributed by atoms with Crippen LogP contribution in [-0.2, 0) is 9.47 Å². The van der Waals surface area contributed by atoms with Gasteiger partial charge in [-0.15, -0.1) is 0 Å². The molecular weight excluding hydrogens is 384 g/mol. The van der Waals surface area contributed by atoms with Gasteiger partial charge in [0, 0.05) is 38.3 Å². The fraction of sp³-hybridized carbons (Fsp3) is 0.909. The number of nitrogens with zero attached hydrogens (tertiary/aromatic N) is 2. The minimum absolute atomic E-state index is 0.212. The first kappa shape index (κ1) is 26.5. The van der Waals surface area contributed by atoms with Crippen molar-refractivity contribution in [3.8, 4) is 0 Å². The number of nitrogens with two attached hydrogens (primary N) is 2. The van der Waals surface area contributed by atoms with Gasteiger partial charge in [0.2, 0.25) is 0 Å². The number of likely N-dealkylation sites (tertiary alicyclic amines) is 2. The van der Waals surface area contributed by atoms with Crippen molar-refractivity contribution in [3.05, 3.63) is 0 Å². The van der Waals surface area contributed by atoms with Crippen LogP contribution in [-0.4, -0.2) is 71.5 Å². The molecule has 2 aliphatic heterocycles. The van der Waals surface area contributed by atoms with E-state index in [-0.39, 0.29) is 24.3 Å². The maximum absolute atomic E-state index is 11.7. The van der Waals surface area contributed by atoms with Gasteiger partial charge in [0.25, 0.3) is 0 Å². The van der Waals surface area contributed by atoms with Gasteiger partial charge < -0.3 is 30.7 Å². The summed E-state index contributed by atoms with van der Waals surface area (Å²) in [5.41, 5.74) is 10.9. The zero-order valence-corrected chi connectivity index (χ0v) is 20.2. The molecule has 8 nitrogen and oxygen atoms in total. The molecule has 0 unspecified atom stereocenters. The van der Waals surface area contributed by atoms with Gasteiger partial charge in [-0.25, -0.2) is 9.59 Å². The highest BCUT2D eigenvalue weighted by Crippen LogP contribution is 2.19. The van der Waals surface area contributed by atoms with Crippen LogP contribution in [0.2, 0.25) is 0 Å². The molecule has 176 valence electrons. The Labute approximate surface area is 182 Å². The lowest BCUT2D eigenvalue weighted by Crippen LogP contribution is -2.49. The number of piperidine rings is 2. The van der Waals surface area contributed by atoms with E-state index in [1.807, 2.05) is 41.5 Å². The second kappa shape index (κ2) is 10.7. The van der Waals surface area contributed by atoms with Gasteiger partial charge in [-0.3, -0.25) is 0 Å². The SMILES string of the molecule is C[C@@H]1CN(C(=O)OC(C)(C)C)CC[C@H]1N.C[C@H]1CN(C(=O)OC(C)(C)C)CC[C@@H]1N. The number of hydrogen-bond donors (Lipinski definition) is 2. The second-order valence-electron chi connectivity index (χ2n) is 10.7. The Morgan fingerprint density at radius 2 is 1.03 bits per heavy atom. The third kappa shape index (κ3) is 9.51. The second-order valence-corrected chi connectivity index (χ2v) is 10.7. The molecule has 0 bridgehead atoms. The van der Waals surface area contributed by atoms with E-state index in [0.717, 1.165) is 12.8 Å². The maximum atomic E-state index is 11.7. The van der Waals surface area contributed by atoms with E-state index in [2.05, 4.69) is 13.8 Å². The van der Waals surface area contributed by atoms with E-state index in [0.29, 0.717) is 38.0 Å². The highest BCUT2D eigenvalue weighted by molar-refractivity contribution is 5.68. The van der Waals surface area contributed by atoms with Gasteiger partial charge in [-0.2, -0.15) is 0 Å². The van der Waals surface area contributed by atoms with Crippen molar-refractivity contribution in [2.75, 3.05) is 26.2 Å². The summed E-state index contributed by atoms with van der Waals surface area (Å²) in [5, 5.41) is 0. The van der Waals surface area contributed by atoms with Crippen LogP contribution in [0, 0.1) is 11.8 Å². The Morgan fingerprint density at radius 1 is 0.733 bits per heavy atom. The van der Waals surface area contributed by atoms with Crippen molar-refractivity contribution in [2.24, 2.45) is 23.3 Å². The van der Waals surface area contributed by atoms with Crippen molar-refractivity contribution in [1.29, 1.82) is 0 Å². The third-order valence-corrected chi connectivity index (χ3v) is 5.25. The highest BCUT2D eigenvalue weighted by atomic mass is 16.6. The molecule has 2 rings (SSSR count). The van der Waals surface area contributed by atoms with Gasteiger partial charge in [0.1, 0.15) is 11.2 Å². The number of carbonyl (C=O) groups excluding carboxylic acids is 2. The molecule has 0 radical (unpaired) electrons. The molecule has 2 saturated heterocycles. The number of rotatable bonds is 0. The first-order chi connectivity index (χ1) is 13.6. The lowest BCUT2D eigenvalue weighted by atomic mass is 9.95. The topological polar surface area (TPSA) is 111 Å². The molecule has 0 spiro atoms. The maximum Gasteiger partial charge on any atom is 0.410 e. The molecule has 30 heavy (non-hydrogen) atoms. The zero-order valence-electron chi connectivity index (χ0n) is 20.2. The van der Waals surface area contributed by atoms with Gasteiger partial charge in [-0.1, -0.05) is 13.8 Å².